The monoisotopic (exact) mass is 519 g/mol. The maximum Gasteiger partial charge on any atom is 0.255 e. The summed E-state index contributed by atoms with van der Waals surface area (Å²) >= 11 is 0. The number of piperidine rings is 1. The van der Waals surface area contributed by atoms with Crippen molar-refractivity contribution in [2.24, 2.45) is 5.92 Å². The normalized spacial score (nSPS) is 17.2. The second-order valence-corrected chi connectivity index (χ2v) is 11.0. The Kier molecular flexibility index (Phi) is 7.38. The largest absolute Gasteiger partial charge is 0.493 e. The van der Waals surface area contributed by atoms with Crippen molar-refractivity contribution in [1.82, 2.24) is 25.2 Å². The number of ether oxygens (including phenoxy) is 1. The van der Waals surface area contributed by atoms with E-state index in [1.807, 2.05) is 13.0 Å². The Hall–Kier alpha value is -3.46. The molecule has 1 aromatic carbocycles. The van der Waals surface area contributed by atoms with Crippen LogP contribution in [0.25, 0.3) is 22.3 Å². The van der Waals surface area contributed by atoms with E-state index >= 15 is 0 Å². The van der Waals surface area contributed by atoms with Crippen LogP contribution < -0.4 is 10.1 Å². The van der Waals surface area contributed by atoms with E-state index in [9.17, 15) is 14.7 Å². The molecule has 0 unspecified atom stereocenters. The highest BCUT2D eigenvalue weighted by molar-refractivity contribution is 6.09. The van der Waals surface area contributed by atoms with Crippen LogP contribution in [-0.4, -0.2) is 68.6 Å². The molecule has 3 heterocycles. The number of aliphatic hydroxyl groups is 1. The first-order valence-corrected chi connectivity index (χ1v) is 13.6. The third-order valence-electron chi connectivity index (χ3n) is 7.59. The maximum atomic E-state index is 13.4. The van der Waals surface area contributed by atoms with Crippen LogP contribution in [0, 0.1) is 12.8 Å². The molecule has 1 atom stereocenters. The number of hydrogen-bond donors (Lipinski definition) is 3. The molecule has 1 aliphatic carbocycles. The van der Waals surface area contributed by atoms with Gasteiger partial charge in [0.2, 0.25) is 0 Å². The number of amides is 2. The summed E-state index contributed by atoms with van der Waals surface area (Å²) < 4.78 is 6.23. The Morgan fingerprint density at radius 3 is 2.55 bits per heavy atom. The number of fused-ring (bicyclic) bond motifs is 1. The predicted octanol–water partition coefficient (Wildman–Crippen LogP) is 3.95. The molecule has 202 valence electrons. The number of aryl methyl sites for hydroxylation is 1. The van der Waals surface area contributed by atoms with Crippen molar-refractivity contribution in [2.75, 3.05) is 19.7 Å². The molecule has 5 rings (SSSR count). The SMILES string of the molecule is Cc1[nH]c2c(-c3cc(C(C)C)ccc3OCC3CC3)ncnc2c1C(=O)NC1CCN(C(=O)[C@H](C)O)CC1. The quantitative estimate of drug-likeness (QED) is 0.415. The third kappa shape index (κ3) is 5.38. The molecule has 1 saturated carbocycles. The summed E-state index contributed by atoms with van der Waals surface area (Å²) in [5, 5.41) is 12.7. The van der Waals surface area contributed by atoms with Gasteiger partial charge in [-0.1, -0.05) is 19.9 Å². The number of rotatable bonds is 8. The molecule has 0 radical (unpaired) electrons. The van der Waals surface area contributed by atoms with Crippen LogP contribution in [0.4, 0.5) is 0 Å². The van der Waals surface area contributed by atoms with Crippen LogP contribution in [-0.2, 0) is 4.79 Å². The van der Waals surface area contributed by atoms with Gasteiger partial charge in [-0.15, -0.1) is 0 Å². The van der Waals surface area contributed by atoms with Gasteiger partial charge in [-0.05, 0) is 69.1 Å². The average molecular weight is 520 g/mol. The summed E-state index contributed by atoms with van der Waals surface area (Å²) in [6.07, 6.45) is 4.19. The topological polar surface area (TPSA) is 120 Å². The Bertz CT molecular complexity index is 1340. The van der Waals surface area contributed by atoms with Crippen LogP contribution in [0.5, 0.6) is 5.75 Å². The smallest absolute Gasteiger partial charge is 0.255 e. The zero-order valence-electron chi connectivity index (χ0n) is 22.6. The minimum Gasteiger partial charge on any atom is -0.493 e. The molecular formula is C29H37N5O4. The Labute approximate surface area is 223 Å². The van der Waals surface area contributed by atoms with Gasteiger partial charge in [-0.2, -0.15) is 0 Å². The maximum absolute atomic E-state index is 13.4. The summed E-state index contributed by atoms with van der Waals surface area (Å²) in [6, 6.07) is 6.20. The number of carbonyl (C=O) groups is 2. The third-order valence-corrected chi connectivity index (χ3v) is 7.59. The fourth-order valence-corrected chi connectivity index (χ4v) is 5.08. The summed E-state index contributed by atoms with van der Waals surface area (Å²) in [5.41, 5.74) is 5.32. The van der Waals surface area contributed by atoms with E-state index in [2.05, 4.69) is 46.2 Å². The average Bonchev–Trinajstić information content (AvgIpc) is 3.66. The number of aromatic amines is 1. The summed E-state index contributed by atoms with van der Waals surface area (Å²) in [5.74, 6) is 1.29. The number of H-pyrrole nitrogens is 1. The number of benzene rings is 1. The van der Waals surface area contributed by atoms with Gasteiger partial charge in [-0.25, -0.2) is 9.97 Å². The molecule has 9 heteroatoms. The molecule has 38 heavy (non-hydrogen) atoms. The van der Waals surface area contributed by atoms with Crippen molar-refractivity contribution in [3.63, 3.8) is 0 Å². The fraction of sp³-hybridized carbons (Fsp3) is 0.517. The predicted molar refractivity (Wildman–Crippen MR) is 145 cm³/mol. The highest BCUT2D eigenvalue weighted by Crippen LogP contribution is 2.38. The van der Waals surface area contributed by atoms with E-state index in [0.717, 1.165) is 22.7 Å². The number of hydrogen-bond acceptors (Lipinski definition) is 6. The second kappa shape index (κ2) is 10.7. The molecule has 9 nitrogen and oxygen atoms in total. The van der Waals surface area contributed by atoms with Crippen molar-refractivity contribution in [1.29, 1.82) is 0 Å². The second-order valence-electron chi connectivity index (χ2n) is 11.0. The first-order chi connectivity index (χ1) is 18.2. The van der Waals surface area contributed by atoms with E-state index < -0.39 is 6.10 Å². The first kappa shape index (κ1) is 26.2. The van der Waals surface area contributed by atoms with E-state index in [1.54, 1.807) is 4.90 Å². The van der Waals surface area contributed by atoms with E-state index in [-0.39, 0.29) is 17.9 Å². The number of likely N-dealkylation sites (tertiary alicyclic amines) is 1. The number of carbonyl (C=O) groups excluding carboxylic acids is 2. The van der Waals surface area contributed by atoms with Gasteiger partial charge in [0.05, 0.1) is 17.7 Å². The van der Waals surface area contributed by atoms with Crippen molar-refractivity contribution in [2.45, 2.75) is 71.4 Å². The Morgan fingerprint density at radius 2 is 1.89 bits per heavy atom. The van der Waals surface area contributed by atoms with Crippen LogP contribution >= 0.6 is 0 Å². The molecule has 2 aliphatic rings. The van der Waals surface area contributed by atoms with Gasteiger partial charge in [0.25, 0.3) is 11.8 Å². The van der Waals surface area contributed by atoms with Gasteiger partial charge in [0.15, 0.2) is 0 Å². The number of aromatic nitrogens is 3. The standard InChI is InChI=1S/C29H37N5O4/c1-16(2)20-7-8-23(38-14-19-5-6-19)22(13-20)25-27-26(31-15-30-25)24(17(3)32-27)28(36)33-21-9-11-34(12-10-21)29(37)18(4)35/h7-8,13,15-16,18-19,21,32,35H,5-6,9-12,14H2,1-4H3,(H,33,36)/t18-/m0/s1. The van der Waals surface area contributed by atoms with Crippen molar-refractivity contribution >= 4 is 22.8 Å². The molecule has 2 aromatic heterocycles. The molecule has 0 spiro atoms. The van der Waals surface area contributed by atoms with E-state index in [1.165, 1.54) is 31.7 Å². The lowest BCUT2D eigenvalue weighted by Crippen LogP contribution is -2.48. The van der Waals surface area contributed by atoms with E-state index in [4.69, 9.17) is 4.74 Å². The van der Waals surface area contributed by atoms with Crippen molar-refractivity contribution in [3.05, 3.63) is 41.3 Å². The van der Waals surface area contributed by atoms with Crippen LogP contribution in [0.1, 0.15) is 74.0 Å². The van der Waals surface area contributed by atoms with Crippen molar-refractivity contribution < 1.29 is 19.4 Å². The highest BCUT2D eigenvalue weighted by Gasteiger charge is 2.28. The molecule has 2 fully saturated rings. The zero-order chi connectivity index (χ0) is 27.0. The first-order valence-electron chi connectivity index (χ1n) is 13.6. The molecular weight excluding hydrogens is 482 g/mol. The number of aliphatic hydroxyl groups excluding tert-OH is 1. The molecule has 1 saturated heterocycles. The Morgan fingerprint density at radius 1 is 1.16 bits per heavy atom. The van der Waals surface area contributed by atoms with Gasteiger partial charge in [0.1, 0.15) is 29.4 Å². The zero-order valence-corrected chi connectivity index (χ0v) is 22.6. The van der Waals surface area contributed by atoms with Crippen LogP contribution in [0.3, 0.4) is 0 Å². The molecule has 2 amide bonds. The minimum atomic E-state index is -1.01. The molecule has 3 N–H and O–H groups in total. The lowest BCUT2D eigenvalue weighted by molar-refractivity contribution is -0.140. The summed E-state index contributed by atoms with van der Waals surface area (Å²) in [4.78, 5) is 39.7. The van der Waals surface area contributed by atoms with Gasteiger partial charge < -0.3 is 25.0 Å². The number of nitrogens with one attached hydrogen (secondary N) is 2. The van der Waals surface area contributed by atoms with Crippen molar-refractivity contribution in [3.8, 4) is 17.0 Å². The van der Waals surface area contributed by atoms with E-state index in [0.29, 0.717) is 61.0 Å². The van der Waals surface area contributed by atoms with Gasteiger partial charge in [-0.3, -0.25) is 9.59 Å². The minimum absolute atomic E-state index is 0.0589. The number of nitrogens with zero attached hydrogens (tertiary/aromatic N) is 3. The molecule has 1 aliphatic heterocycles. The van der Waals surface area contributed by atoms with Gasteiger partial charge in [0, 0.05) is 30.4 Å². The van der Waals surface area contributed by atoms with Crippen LogP contribution in [0.2, 0.25) is 0 Å². The highest BCUT2D eigenvalue weighted by atomic mass is 16.5. The van der Waals surface area contributed by atoms with Gasteiger partial charge >= 0.3 is 0 Å². The summed E-state index contributed by atoms with van der Waals surface area (Å²) in [7, 11) is 0. The fourth-order valence-electron chi connectivity index (χ4n) is 5.08. The lowest BCUT2D eigenvalue weighted by Gasteiger charge is -2.33. The van der Waals surface area contributed by atoms with Crippen LogP contribution in [0.15, 0.2) is 24.5 Å². The lowest BCUT2D eigenvalue weighted by atomic mass is 9.98. The Balaban J connectivity index is 1.42. The molecule has 3 aromatic rings. The molecule has 0 bridgehead atoms. The summed E-state index contributed by atoms with van der Waals surface area (Å²) in [6.45, 7) is 9.37.